The van der Waals surface area contributed by atoms with Crippen molar-refractivity contribution < 1.29 is 14.0 Å². The van der Waals surface area contributed by atoms with Crippen LogP contribution in [0.1, 0.15) is 59.3 Å². The Morgan fingerprint density at radius 2 is 1.69 bits per heavy atom. The quantitative estimate of drug-likeness (QED) is 0.298. The summed E-state index contributed by atoms with van der Waals surface area (Å²) in [5.41, 5.74) is 2.20. The molecule has 0 aliphatic heterocycles. The Morgan fingerprint density at radius 1 is 1.00 bits per heavy atom. The van der Waals surface area contributed by atoms with E-state index in [9.17, 15) is 14.0 Å². The normalized spacial score (nSPS) is 11.8. The number of carbonyl (C=O) groups excluding carboxylic acids is 2. The second kappa shape index (κ2) is 13.6. The Kier molecular flexibility index (Phi) is 10.2. The van der Waals surface area contributed by atoms with E-state index in [-0.39, 0.29) is 30.1 Å². The number of hydrogen-bond donors (Lipinski definition) is 1. The molecule has 3 aromatic rings. The lowest BCUT2D eigenvalue weighted by Gasteiger charge is -2.26. The van der Waals surface area contributed by atoms with Gasteiger partial charge >= 0.3 is 0 Å². The average molecular weight is 493 g/mol. The van der Waals surface area contributed by atoms with Gasteiger partial charge in [0.05, 0.1) is 17.9 Å². The standard InChI is InChI=1S/C29H37FN4O2/c1-4-7-12-22(6-3)29(36)33(19-8-5-2)21-28(35)31-27-20-26(23-13-10-9-11-14-23)32-34(27)25-17-15-24(30)16-18-25/h9-11,13-18,20,22H,4-8,12,19,21H2,1-3H3,(H,31,35)/t22-/m0/s1. The van der Waals surface area contributed by atoms with E-state index in [1.807, 2.05) is 37.3 Å². The van der Waals surface area contributed by atoms with Crippen molar-refractivity contribution in [1.82, 2.24) is 14.7 Å². The van der Waals surface area contributed by atoms with Crippen LogP contribution in [0, 0.1) is 11.7 Å². The third kappa shape index (κ3) is 7.26. The first-order chi connectivity index (χ1) is 17.5. The van der Waals surface area contributed by atoms with Gasteiger partial charge in [-0.25, -0.2) is 9.07 Å². The second-order valence-corrected chi connectivity index (χ2v) is 9.08. The number of rotatable bonds is 13. The van der Waals surface area contributed by atoms with Crippen molar-refractivity contribution in [3.63, 3.8) is 0 Å². The smallest absolute Gasteiger partial charge is 0.245 e. The summed E-state index contributed by atoms with van der Waals surface area (Å²) >= 11 is 0. The molecule has 192 valence electrons. The summed E-state index contributed by atoms with van der Waals surface area (Å²) in [5.74, 6) is -0.187. The van der Waals surface area contributed by atoms with E-state index in [0.29, 0.717) is 23.7 Å². The number of hydrogen-bond acceptors (Lipinski definition) is 3. The molecule has 0 saturated heterocycles. The molecule has 0 aliphatic carbocycles. The fourth-order valence-electron chi connectivity index (χ4n) is 4.18. The van der Waals surface area contributed by atoms with Gasteiger partial charge in [-0.15, -0.1) is 0 Å². The number of unbranched alkanes of at least 4 members (excludes halogenated alkanes) is 2. The molecule has 2 amide bonds. The van der Waals surface area contributed by atoms with Crippen LogP contribution in [-0.4, -0.2) is 39.6 Å². The van der Waals surface area contributed by atoms with Crippen LogP contribution in [0.25, 0.3) is 16.9 Å². The van der Waals surface area contributed by atoms with E-state index in [4.69, 9.17) is 0 Å². The number of carbonyl (C=O) groups is 2. The molecule has 0 saturated carbocycles. The Balaban J connectivity index is 1.84. The Bertz CT molecular complexity index is 1110. The van der Waals surface area contributed by atoms with Gasteiger partial charge in [0, 0.05) is 24.1 Å². The van der Waals surface area contributed by atoms with Gasteiger partial charge in [-0.1, -0.05) is 70.4 Å². The molecule has 6 nitrogen and oxygen atoms in total. The van der Waals surface area contributed by atoms with Crippen molar-refractivity contribution in [2.45, 2.75) is 59.3 Å². The maximum Gasteiger partial charge on any atom is 0.245 e. The Hall–Kier alpha value is -3.48. The lowest BCUT2D eigenvalue weighted by atomic mass is 9.97. The first-order valence-electron chi connectivity index (χ1n) is 13.0. The molecule has 1 N–H and O–H groups in total. The highest BCUT2D eigenvalue weighted by atomic mass is 19.1. The van der Waals surface area contributed by atoms with E-state index in [1.165, 1.54) is 12.1 Å². The van der Waals surface area contributed by atoms with Gasteiger partial charge < -0.3 is 10.2 Å². The lowest BCUT2D eigenvalue weighted by molar-refractivity contribution is -0.138. The molecule has 7 heteroatoms. The van der Waals surface area contributed by atoms with Gasteiger partial charge in [0.15, 0.2) is 0 Å². The minimum atomic E-state index is -0.349. The van der Waals surface area contributed by atoms with Crippen LogP contribution in [0.15, 0.2) is 60.7 Å². The fourth-order valence-corrected chi connectivity index (χ4v) is 4.18. The maximum absolute atomic E-state index is 13.5. The molecular weight excluding hydrogens is 455 g/mol. The van der Waals surface area contributed by atoms with Crippen molar-refractivity contribution in [3.05, 3.63) is 66.5 Å². The van der Waals surface area contributed by atoms with Crippen molar-refractivity contribution in [2.75, 3.05) is 18.4 Å². The third-order valence-corrected chi connectivity index (χ3v) is 6.29. The number of aromatic nitrogens is 2. The van der Waals surface area contributed by atoms with E-state index in [0.717, 1.165) is 44.1 Å². The SMILES string of the molecule is CCCC[C@H](CC)C(=O)N(CCCC)CC(=O)Nc1cc(-c2ccccc2)nn1-c1ccc(F)cc1. The van der Waals surface area contributed by atoms with Crippen molar-refractivity contribution in [3.8, 4) is 16.9 Å². The highest BCUT2D eigenvalue weighted by Crippen LogP contribution is 2.25. The maximum atomic E-state index is 13.5. The van der Waals surface area contributed by atoms with Crippen molar-refractivity contribution in [2.24, 2.45) is 5.92 Å². The second-order valence-electron chi connectivity index (χ2n) is 9.08. The average Bonchev–Trinajstić information content (AvgIpc) is 3.31. The van der Waals surface area contributed by atoms with E-state index < -0.39 is 0 Å². The predicted octanol–water partition coefficient (Wildman–Crippen LogP) is 6.46. The number of nitrogens with one attached hydrogen (secondary N) is 1. The molecule has 1 aromatic heterocycles. The molecule has 2 aromatic carbocycles. The molecule has 0 bridgehead atoms. The molecular formula is C29H37FN4O2. The summed E-state index contributed by atoms with van der Waals surface area (Å²) in [7, 11) is 0. The minimum absolute atomic E-state index is 0.0171. The number of nitrogens with zero attached hydrogens (tertiary/aromatic N) is 3. The number of anilines is 1. The number of benzene rings is 2. The summed E-state index contributed by atoms with van der Waals surface area (Å²) in [4.78, 5) is 28.2. The van der Waals surface area contributed by atoms with Gasteiger partial charge in [-0.3, -0.25) is 9.59 Å². The molecule has 0 fully saturated rings. The van der Waals surface area contributed by atoms with Crippen LogP contribution in [0.5, 0.6) is 0 Å². The van der Waals surface area contributed by atoms with Gasteiger partial charge in [0.25, 0.3) is 0 Å². The predicted molar refractivity (Wildman–Crippen MR) is 142 cm³/mol. The summed E-state index contributed by atoms with van der Waals surface area (Å²) in [6.45, 7) is 6.76. The first kappa shape index (κ1) is 27.1. The zero-order valence-corrected chi connectivity index (χ0v) is 21.5. The fraction of sp³-hybridized carbons (Fsp3) is 0.414. The third-order valence-electron chi connectivity index (χ3n) is 6.29. The van der Waals surface area contributed by atoms with Gasteiger partial charge in [-0.2, -0.15) is 5.10 Å². The van der Waals surface area contributed by atoms with E-state index >= 15 is 0 Å². The number of halogens is 1. The number of amides is 2. The lowest BCUT2D eigenvalue weighted by Crippen LogP contribution is -2.42. The van der Waals surface area contributed by atoms with Crippen LogP contribution >= 0.6 is 0 Å². The largest absolute Gasteiger partial charge is 0.333 e. The molecule has 1 heterocycles. The summed E-state index contributed by atoms with van der Waals surface area (Å²) < 4.78 is 15.1. The van der Waals surface area contributed by atoms with Gasteiger partial charge in [0.2, 0.25) is 11.8 Å². The molecule has 36 heavy (non-hydrogen) atoms. The van der Waals surface area contributed by atoms with Crippen molar-refractivity contribution >= 4 is 17.6 Å². The minimum Gasteiger partial charge on any atom is -0.333 e. The summed E-state index contributed by atoms with van der Waals surface area (Å²) in [5, 5.41) is 7.62. The highest BCUT2D eigenvalue weighted by molar-refractivity contribution is 5.95. The first-order valence-corrected chi connectivity index (χ1v) is 13.0. The summed E-state index contributed by atoms with van der Waals surface area (Å²) in [6.07, 6.45) is 5.42. The topological polar surface area (TPSA) is 67.2 Å². The van der Waals surface area contributed by atoms with E-state index in [1.54, 1.807) is 27.8 Å². The van der Waals surface area contributed by atoms with Crippen LogP contribution in [0.3, 0.4) is 0 Å². The van der Waals surface area contributed by atoms with Gasteiger partial charge in [-0.05, 0) is 43.5 Å². The molecule has 0 radical (unpaired) electrons. The van der Waals surface area contributed by atoms with Crippen LogP contribution in [0.2, 0.25) is 0 Å². The molecule has 0 aliphatic rings. The zero-order chi connectivity index (χ0) is 25.9. The Labute approximate surface area is 213 Å². The van der Waals surface area contributed by atoms with Crippen LogP contribution in [-0.2, 0) is 9.59 Å². The van der Waals surface area contributed by atoms with Crippen LogP contribution in [0.4, 0.5) is 10.2 Å². The van der Waals surface area contributed by atoms with Gasteiger partial charge in [0.1, 0.15) is 11.6 Å². The monoisotopic (exact) mass is 492 g/mol. The molecule has 0 unspecified atom stereocenters. The molecule has 1 atom stereocenters. The van der Waals surface area contributed by atoms with Crippen LogP contribution < -0.4 is 5.32 Å². The highest BCUT2D eigenvalue weighted by Gasteiger charge is 2.25. The summed E-state index contributed by atoms with van der Waals surface area (Å²) in [6, 6.07) is 17.4. The van der Waals surface area contributed by atoms with Crippen molar-refractivity contribution in [1.29, 1.82) is 0 Å². The zero-order valence-electron chi connectivity index (χ0n) is 21.5. The molecule has 3 rings (SSSR count). The Morgan fingerprint density at radius 3 is 2.33 bits per heavy atom. The molecule has 0 spiro atoms. The van der Waals surface area contributed by atoms with E-state index in [2.05, 4.69) is 24.3 Å².